The maximum atomic E-state index is 11.9. The summed E-state index contributed by atoms with van der Waals surface area (Å²) in [4.78, 5) is 14.1. The van der Waals surface area contributed by atoms with Gasteiger partial charge in [-0.05, 0) is 32.8 Å². The molecule has 1 rings (SSSR count). The first-order valence-corrected chi connectivity index (χ1v) is 6.26. The minimum absolute atomic E-state index is 0.0166. The highest BCUT2D eigenvalue weighted by Gasteiger charge is 2.17. The van der Waals surface area contributed by atoms with Gasteiger partial charge in [-0.2, -0.15) is 0 Å². The summed E-state index contributed by atoms with van der Waals surface area (Å²) in [6.07, 6.45) is 0. The van der Waals surface area contributed by atoms with Crippen molar-refractivity contribution in [1.82, 2.24) is 5.32 Å². The standard InChI is InChI=1S/C12H19NO2S/c1-7(6-14)9(3)13-12(15)11-5-8(2)16-10(11)4/h5,7,9,14H,6H2,1-4H3,(H,13,15). The van der Waals surface area contributed by atoms with Gasteiger partial charge in [0, 0.05) is 22.4 Å². The minimum Gasteiger partial charge on any atom is -0.396 e. The van der Waals surface area contributed by atoms with Crippen molar-refractivity contribution in [3.63, 3.8) is 0 Å². The molecule has 1 aromatic rings. The molecule has 0 saturated carbocycles. The van der Waals surface area contributed by atoms with Crippen molar-refractivity contribution in [2.45, 2.75) is 33.7 Å². The number of thiophene rings is 1. The van der Waals surface area contributed by atoms with E-state index in [2.05, 4.69) is 5.32 Å². The smallest absolute Gasteiger partial charge is 0.252 e. The fraction of sp³-hybridized carbons (Fsp3) is 0.583. The first kappa shape index (κ1) is 13.2. The van der Waals surface area contributed by atoms with E-state index in [1.165, 1.54) is 0 Å². The second-order valence-corrected chi connectivity index (χ2v) is 5.71. The molecule has 1 aromatic heterocycles. The molecule has 0 fully saturated rings. The molecule has 1 amide bonds. The molecule has 0 aliphatic rings. The molecular formula is C12H19NO2S. The zero-order valence-electron chi connectivity index (χ0n) is 10.2. The molecule has 2 unspecified atom stereocenters. The van der Waals surface area contributed by atoms with Crippen LogP contribution in [0.15, 0.2) is 6.07 Å². The number of rotatable bonds is 4. The second-order valence-electron chi connectivity index (χ2n) is 4.25. The van der Waals surface area contributed by atoms with E-state index in [0.29, 0.717) is 0 Å². The fourth-order valence-corrected chi connectivity index (χ4v) is 2.36. The summed E-state index contributed by atoms with van der Waals surface area (Å²) in [6.45, 7) is 7.86. The zero-order chi connectivity index (χ0) is 12.3. The van der Waals surface area contributed by atoms with Gasteiger partial charge in [0.05, 0.1) is 5.56 Å². The van der Waals surface area contributed by atoms with Crippen LogP contribution < -0.4 is 5.32 Å². The van der Waals surface area contributed by atoms with Gasteiger partial charge in [0.1, 0.15) is 0 Å². The average molecular weight is 241 g/mol. The quantitative estimate of drug-likeness (QED) is 0.848. The zero-order valence-corrected chi connectivity index (χ0v) is 11.0. The Labute approximate surface area is 100 Å². The Bertz CT molecular complexity index is 373. The van der Waals surface area contributed by atoms with Crippen molar-refractivity contribution in [2.75, 3.05) is 6.61 Å². The summed E-state index contributed by atoms with van der Waals surface area (Å²) >= 11 is 1.63. The number of carbonyl (C=O) groups excluding carboxylic acids is 1. The van der Waals surface area contributed by atoms with Crippen molar-refractivity contribution in [3.05, 3.63) is 21.4 Å². The minimum atomic E-state index is -0.0466. The summed E-state index contributed by atoms with van der Waals surface area (Å²) in [6, 6.07) is 1.89. The summed E-state index contributed by atoms with van der Waals surface area (Å²) in [5.41, 5.74) is 0.750. The van der Waals surface area contributed by atoms with Gasteiger partial charge in [-0.15, -0.1) is 11.3 Å². The molecule has 0 saturated heterocycles. The van der Waals surface area contributed by atoms with Gasteiger partial charge in [-0.3, -0.25) is 4.79 Å². The van der Waals surface area contributed by atoms with E-state index < -0.39 is 0 Å². The number of aliphatic hydroxyl groups is 1. The monoisotopic (exact) mass is 241 g/mol. The van der Waals surface area contributed by atoms with Gasteiger partial charge in [-0.1, -0.05) is 6.92 Å². The molecular weight excluding hydrogens is 222 g/mol. The van der Waals surface area contributed by atoms with Crippen molar-refractivity contribution in [2.24, 2.45) is 5.92 Å². The molecule has 0 aromatic carbocycles. The lowest BCUT2D eigenvalue weighted by molar-refractivity contribution is 0.0916. The predicted octanol–water partition coefficient (Wildman–Crippen LogP) is 2.11. The number of amides is 1. The maximum absolute atomic E-state index is 11.9. The molecule has 0 aliphatic carbocycles. The molecule has 2 atom stereocenters. The van der Waals surface area contributed by atoms with Crippen LogP contribution in [-0.2, 0) is 0 Å². The van der Waals surface area contributed by atoms with E-state index in [-0.39, 0.29) is 24.5 Å². The molecule has 0 spiro atoms. The van der Waals surface area contributed by atoms with Crippen LogP contribution in [0.1, 0.15) is 34.0 Å². The lowest BCUT2D eigenvalue weighted by Crippen LogP contribution is -2.38. The Morgan fingerprint density at radius 1 is 1.50 bits per heavy atom. The van der Waals surface area contributed by atoms with Crippen LogP contribution in [0.3, 0.4) is 0 Å². The van der Waals surface area contributed by atoms with Gasteiger partial charge in [0.25, 0.3) is 5.91 Å². The molecule has 1 heterocycles. The van der Waals surface area contributed by atoms with E-state index >= 15 is 0 Å². The van der Waals surface area contributed by atoms with Gasteiger partial charge < -0.3 is 10.4 Å². The molecule has 0 radical (unpaired) electrons. The highest BCUT2D eigenvalue weighted by atomic mass is 32.1. The normalized spacial score (nSPS) is 14.6. The van der Waals surface area contributed by atoms with Crippen LogP contribution in [0.5, 0.6) is 0 Å². The molecule has 0 bridgehead atoms. The Kier molecular flexibility index (Phi) is 4.50. The molecule has 4 heteroatoms. The number of hydrogen-bond acceptors (Lipinski definition) is 3. The van der Waals surface area contributed by atoms with Crippen molar-refractivity contribution in [1.29, 1.82) is 0 Å². The largest absolute Gasteiger partial charge is 0.396 e. The number of carbonyl (C=O) groups is 1. The van der Waals surface area contributed by atoms with Crippen LogP contribution in [-0.4, -0.2) is 23.7 Å². The van der Waals surface area contributed by atoms with Gasteiger partial charge in [0.15, 0.2) is 0 Å². The Morgan fingerprint density at radius 3 is 2.56 bits per heavy atom. The van der Waals surface area contributed by atoms with E-state index in [9.17, 15) is 4.79 Å². The third-order valence-corrected chi connectivity index (χ3v) is 3.75. The number of nitrogens with one attached hydrogen (secondary N) is 1. The highest BCUT2D eigenvalue weighted by molar-refractivity contribution is 7.12. The molecule has 0 aliphatic heterocycles. The van der Waals surface area contributed by atoms with Crippen LogP contribution in [0.25, 0.3) is 0 Å². The van der Waals surface area contributed by atoms with Crippen molar-refractivity contribution >= 4 is 17.2 Å². The number of aryl methyl sites for hydroxylation is 2. The summed E-state index contributed by atoms with van der Waals surface area (Å²) < 4.78 is 0. The lowest BCUT2D eigenvalue weighted by Gasteiger charge is -2.19. The van der Waals surface area contributed by atoms with Gasteiger partial charge in [0.2, 0.25) is 0 Å². The van der Waals surface area contributed by atoms with Crippen LogP contribution >= 0.6 is 11.3 Å². The van der Waals surface area contributed by atoms with Gasteiger partial charge in [-0.25, -0.2) is 0 Å². The van der Waals surface area contributed by atoms with E-state index in [0.717, 1.165) is 15.3 Å². The second kappa shape index (κ2) is 5.46. The Hall–Kier alpha value is -0.870. The average Bonchev–Trinajstić information content (AvgIpc) is 2.56. The van der Waals surface area contributed by atoms with Crippen LogP contribution in [0.4, 0.5) is 0 Å². The lowest BCUT2D eigenvalue weighted by atomic mass is 10.0. The third-order valence-electron chi connectivity index (χ3n) is 2.79. The fourth-order valence-electron chi connectivity index (χ4n) is 1.44. The molecule has 3 nitrogen and oxygen atoms in total. The number of aliphatic hydroxyl groups excluding tert-OH is 1. The van der Waals surface area contributed by atoms with E-state index in [1.54, 1.807) is 11.3 Å². The summed E-state index contributed by atoms with van der Waals surface area (Å²) in [5.74, 6) is 0.0265. The van der Waals surface area contributed by atoms with Crippen molar-refractivity contribution < 1.29 is 9.90 Å². The summed E-state index contributed by atoms with van der Waals surface area (Å²) in [5, 5.41) is 11.9. The topological polar surface area (TPSA) is 49.3 Å². The highest BCUT2D eigenvalue weighted by Crippen LogP contribution is 2.20. The van der Waals surface area contributed by atoms with Crippen LogP contribution in [0.2, 0.25) is 0 Å². The predicted molar refractivity (Wildman–Crippen MR) is 67.0 cm³/mol. The third kappa shape index (κ3) is 3.06. The number of hydrogen-bond donors (Lipinski definition) is 2. The molecule has 16 heavy (non-hydrogen) atoms. The van der Waals surface area contributed by atoms with E-state index in [1.807, 2.05) is 33.8 Å². The maximum Gasteiger partial charge on any atom is 0.252 e. The Balaban J connectivity index is 2.69. The Morgan fingerprint density at radius 2 is 2.12 bits per heavy atom. The van der Waals surface area contributed by atoms with Crippen LogP contribution in [0, 0.1) is 19.8 Å². The van der Waals surface area contributed by atoms with Crippen molar-refractivity contribution in [3.8, 4) is 0 Å². The first-order chi connectivity index (χ1) is 7.45. The molecule has 2 N–H and O–H groups in total. The van der Waals surface area contributed by atoms with Gasteiger partial charge >= 0.3 is 0 Å². The summed E-state index contributed by atoms with van der Waals surface area (Å²) in [7, 11) is 0. The first-order valence-electron chi connectivity index (χ1n) is 5.44. The molecule has 90 valence electrons. The van der Waals surface area contributed by atoms with E-state index in [4.69, 9.17) is 5.11 Å². The SMILES string of the molecule is Cc1cc(C(=O)NC(C)C(C)CO)c(C)s1.